The zero-order valence-corrected chi connectivity index (χ0v) is 11.6. The first-order valence-corrected chi connectivity index (χ1v) is 7.35. The lowest BCUT2D eigenvalue weighted by atomic mass is 10.2. The highest BCUT2D eigenvalue weighted by Crippen LogP contribution is 2.13. The predicted molar refractivity (Wildman–Crippen MR) is 77.0 cm³/mol. The van der Waals surface area contributed by atoms with Crippen LogP contribution in [0.2, 0.25) is 0 Å². The Balaban J connectivity index is 2.48. The number of nitrogens with one attached hydrogen (secondary N) is 2. The maximum absolute atomic E-state index is 11.6. The van der Waals surface area contributed by atoms with Crippen LogP contribution in [-0.4, -0.2) is 30.0 Å². The molecule has 0 fully saturated rings. The van der Waals surface area contributed by atoms with Crippen LogP contribution >= 0.6 is 11.8 Å². The lowest BCUT2D eigenvalue weighted by Crippen LogP contribution is -2.39. The number of amides is 2. The number of benzene rings is 1. The lowest BCUT2D eigenvalue weighted by Gasteiger charge is -2.14. The molecule has 1 atom stereocenters. The second kappa shape index (κ2) is 8.00. The molecule has 0 saturated carbocycles. The average molecular weight is 268 g/mol. The Morgan fingerprint density at radius 2 is 2.06 bits per heavy atom. The summed E-state index contributed by atoms with van der Waals surface area (Å²) in [5.74, 6) is 0.967. The smallest absolute Gasteiger partial charge is 0.319 e. The van der Waals surface area contributed by atoms with Gasteiger partial charge in [0.05, 0.1) is 12.6 Å². The lowest BCUT2D eigenvalue weighted by molar-refractivity contribution is 0.222. The average Bonchev–Trinajstić information content (AvgIpc) is 2.38. The first-order chi connectivity index (χ1) is 8.69. The van der Waals surface area contributed by atoms with Gasteiger partial charge in [-0.2, -0.15) is 11.8 Å². The maximum Gasteiger partial charge on any atom is 0.319 e. The van der Waals surface area contributed by atoms with Gasteiger partial charge in [0.1, 0.15) is 0 Å². The second-order valence-corrected chi connectivity index (χ2v) is 4.88. The van der Waals surface area contributed by atoms with E-state index in [1.807, 2.05) is 31.2 Å². The predicted octanol–water partition coefficient (Wildman–Crippen LogP) is 2.44. The number of anilines is 1. The van der Waals surface area contributed by atoms with Crippen LogP contribution in [0.25, 0.3) is 0 Å². The van der Waals surface area contributed by atoms with Gasteiger partial charge in [0.25, 0.3) is 0 Å². The molecule has 0 radical (unpaired) electrons. The van der Waals surface area contributed by atoms with Gasteiger partial charge >= 0.3 is 6.03 Å². The molecule has 18 heavy (non-hydrogen) atoms. The van der Waals surface area contributed by atoms with Gasteiger partial charge in [-0.3, -0.25) is 0 Å². The summed E-state index contributed by atoms with van der Waals surface area (Å²) in [6.07, 6.45) is 2.76. The van der Waals surface area contributed by atoms with Gasteiger partial charge in [0.2, 0.25) is 0 Å². The highest BCUT2D eigenvalue weighted by Gasteiger charge is 2.08. The van der Waals surface area contributed by atoms with Gasteiger partial charge < -0.3 is 15.7 Å². The molecule has 0 aliphatic rings. The van der Waals surface area contributed by atoms with Crippen LogP contribution in [-0.2, 0) is 5.75 Å². The van der Waals surface area contributed by atoms with Crippen molar-refractivity contribution in [1.29, 1.82) is 0 Å². The minimum atomic E-state index is -0.284. The third-order valence-electron chi connectivity index (χ3n) is 2.57. The molecule has 1 aromatic carbocycles. The van der Waals surface area contributed by atoms with Crippen molar-refractivity contribution >= 4 is 23.5 Å². The summed E-state index contributed by atoms with van der Waals surface area (Å²) in [5, 5.41) is 14.4. The van der Waals surface area contributed by atoms with Crippen molar-refractivity contribution in [3.05, 3.63) is 29.8 Å². The number of thioether (sulfide) groups is 1. The Labute approximate surface area is 112 Å². The largest absolute Gasteiger partial charge is 0.394 e. The van der Waals surface area contributed by atoms with E-state index >= 15 is 0 Å². The minimum absolute atomic E-state index is 0.0451. The molecule has 1 aromatic rings. The van der Waals surface area contributed by atoms with E-state index in [1.165, 1.54) is 5.56 Å². The molecule has 0 heterocycles. The van der Waals surface area contributed by atoms with Crippen molar-refractivity contribution < 1.29 is 9.90 Å². The molecule has 0 saturated heterocycles. The molecule has 4 nitrogen and oxygen atoms in total. The first kappa shape index (κ1) is 14.9. The zero-order valence-electron chi connectivity index (χ0n) is 10.8. The van der Waals surface area contributed by atoms with Gasteiger partial charge in [0, 0.05) is 11.4 Å². The molecule has 3 N–H and O–H groups in total. The van der Waals surface area contributed by atoms with E-state index in [-0.39, 0.29) is 18.7 Å². The van der Waals surface area contributed by atoms with E-state index in [0.717, 1.165) is 11.4 Å². The molecular formula is C13H20N2O2S. The van der Waals surface area contributed by atoms with E-state index in [9.17, 15) is 4.79 Å². The standard InChI is InChI=1S/C13H20N2O2S/c1-3-11(8-16)14-13(17)15-12-6-4-10(5-7-12)9-18-2/h4-7,11,16H,3,8-9H2,1-2H3,(H2,14,15,17). The quantitative estimate of drug-likeness (QED) is 0.742. The van der Waals surface area contributed by atoms with Crippen LogP contribution < -0.4 is 10.6 Å². The second-order valence-electron chi connectivity index (χ2n) is 4.02. The van der Waals surface area contributed by atoms with Crippen molar-refractivity contribution in [2.75, 3.05) is 18.2 Å². The van der Waals surface area contributed by atoms with Crippen LogP contribution in [0.4, 0.5) is 10.5 Å². The first-order valence-electron chi connectivity index (χ1n) is 5.95. The number of carbonyl (C=O) groups excluding carboxylic acids is 1. The van der Waals surface area contributed by atoms with Crippen molar-refractivity contribution in [2.45, 2.75) is 25.1 Å². The van der Waals surface area contributed by atoms with Crippen LogP contribution in [0.1, 0.15) is 18.9 Å². The summed E-state index contributed by atoms with van der Waals surface area (Å²) in [5.41, 5.74) is 1.99. The number of carbonyl (C=O) groups is 1. The van der Waals surface area contributed by atoms with E-state index < -0.39 is 0 Å². The summed E-state index contributed by atoms with van der Waals surface area (Å²) in [6, 6.07) is 7.27. The van der Waals surface area contributed by atoms with Crippen molar-refractivity contribution in [3.63, 3.8) is 0 Å². The van der Waals surface area contributed by atoms with Gasteiger partial charge in [-0.05, 0) is 30.4 Å². The zero-order chi connectivity index (χ0) is 13.4. The van der Waals surface area contributed by atoms with Crippen LogP contribution in [0, 0.1) is 0 Å². The molecule has 0 spiro atoms. The molecule has 0 aliphatic heterocycles. The Morgan fingerprint density at radius 1 is 1.39 bits per heavy atom. The SMILES string of the molecule is CCC(CO)NC(=O)Nc1ccc(CSC)cc1. The van der Waals surface area contributed by atoms with E-state index in [0.29, 0.717) is 6.42 Å². The molecule has 0 bridgehead atoms. The third-order valence-corrected chi connectivity index (χ3v) is 3.19. The monoisotopic (exact) mass is 268 g/mol. The van der Waals surface area contributed by atoms with Gasteiger partial charge in [-0.1, -0.05) is 19.1 Å². The summed E-state index contributed by atoms with van der Waals surface area (Å²) in [4.78, 5) is 11.6. The number of urea groups is 1. The van der Waals surface area contributed by atoms with E-state index in [1.54, 1.807) is 11.8 Å². The fraction of sp³-hybridized carbons (Fsp3) is 0.462. The van der Waals surface area contributed by atoms with Gasteiger partial charge in [0.15, 0.2) is 0 Å². The Kier molecular flexibility index (Phi) is 6.60. The fourth-order valence-electron chi connectivity index (χ4n) is 1.48. The summed E-state index contributed by atoms with van der Waals surface area (Å²) in [6.45, 7) is 1.87. The van der Waals surface area contributed by atoms with Gasteiger partial charge in [-0.15, -0.1) is 0 Å². The highest BCUT2D eigenvalue weighted by molar-refractivity contribution is 7.97. The van der Waals surface area contributed by atoms with Crippen molar-refractivity contribution in [1.82, 2.24) is 5.32 Å². The summed E-state index contributed by atoms with van der Waals surface area (Å²) < 4.78 is 0. The van der Waals surface area contributed by atoms with E-state index in [4.69, 9.17) is 5.11 Å². The summed E-state index contributed by atoms with van der Waals surface area (Å²) in [7, 11) is 0. The third kappa shape index (κ3) is 4.98. The minimum Gasteiger partial charge on any atom is -0.394 e. The number of hydrogen-bond acceptors (Lipinski definition) is 3. The summed E-state index contributed by atoms with van der Waals surface area (Å²) >= 11 is 1.76. The number of hydrogen-bond donors (Lipinski definition) is 3. The molecule has 0 aromatic heterocycles. The van der Waals surface area contributed by atoms with E-state index in [2.05, 4.69) is 16.9 Å². The Bertz CT molecular complexity index is 364. The number of aliphatic hydroxyl groups is 1. The number of rotatable bonds is 6. The molecule has 5 heteroatoms. The molecule has 100 valence electrons. The fourth-order valence-corrected chi connectivity index (χ4v) is 2.01. The Hall–Kier alpha value is -1.20. The van der Waals surface area contributed by atoms with Crippen molar-refractivity contribution in [2.24, 2.45) is 0 Å². The molecule has 2 amide bonds. The van der Waals surface area contributed by atoms with Crippen molar-refractivity contribution in [3.8, 4) is 0 Å². The maximum atomic E-state index is 11.6. The normalized spacial score (nSPS) is 11.9. The van der Waals surface area contributed by atoms with Crippen LogP contribution in [0.5, 0.6) is 0 Å². The Morgan fingerprint density at radius 3 is 2.56 bits per heavy atom. The molecule has 1 rings (SSSR count). The van der Waals surface area contributed by atoms with Crippen LogP contribution in [0.3, 0.4) is 0 Å². The topological polar surface area (TPSA) is 61.4 Å². The van der Waals surface area contributed by atoms with Crippen LogP contribution in [0.15, 0.2) is 24.3 Å². The molecule has 1 unspecified atom stereocenters. The number of aliphatic hydroxyl groups excluding tert-OH is 1. The van der Waals surface area contributed by atoms with Gasteiger partial charge in [-0.25, -0.2) is 4.79 Å². The highest BCUT2D eigenvalue weighted by atomic mass is 32.2. The molecule has 0 aliphatic carbocycles. The molecular weight excluding hydrogens is 248 g/mol.